The molecular formula is C13H11NO4S2. The molecule has 0 saturated heterocycles. The van der Waals surface area contributed by atoms with Gasteiger partial charge < -0.3 is 5.11 Å². The van der Waals surface area contributed by atoms with Crippen LogP contribution in [0, 0.1) is 0 Å². The van der Waals surface area contributed by atoms with Crippen LogP contribution in [0.4, 0.5) is 5.69 Å². The minimum Gasteiger partial charge on any atom is -0.478 e. The van der Waals surface area contributed by atoms with Crippen LogP contribution in [0.1, 0.15) is 15.9 Å². The highest BCUT2D eigenvalue weighted by molar-refractivity contribution is 7.93. The molecule has 0 atom stereocenters. The molecule has 1 aromatic carbocycles. The Balaban J connectivity index is 2.04. The summed E-state index contributed by atoms with van der Waals surface area (Å²) in [4.78, 5) is 11.2. The normalized spacial score (nSPS) is 14.3. The number of aromatic carboxylic acids is 1. The monoisotopic (exact) mass is 309 g/mol. The Labute approximate surface area is 120 Å². The second-order valence-electron chi connectivity index (χ2n) is 4.43. The summed E-state index contributed by atoms with van der Waals surface area (Å²) >= 11 is 1.33. The van der Waals surface area contributed by atoms with Crippen LogP contribution < -0.4 is 4.31 Å². The highest BCUT2D eigenvalue weighted by atomic mass is 32.2. The van der Waals surface area contributed by atoms with Gasteiger partial charge in [0.2, 0.25) is 0 Å². The van der Waals surface area contributed by atoms with Crippen LogP contribution in [-0.2, 0) is 16.4 Å². The maximum absolute atomic E-state index is 12.5. The number of nitrogens with zero attached hydrogens (tertiary/aromatic N) is 1. The zero-order chi connectivity index (χ0) is 14.3. The average molecular weight is 309 g/mol. The van der Waals surface area contributed by atoms with Gasteiger partial charge in [-0.1, -0.05) is 0 Å². The number of sulfonamides is 1. The Morgan fingerprint density at radius 2 is 2.10 bits per heavy atom. The number of benzene rings is 1. The van der Waals surface area contributed by atoms with Crippen molar-refractivity contribution in [3.63, 3.8) is 0 Å². The number of anilines is 1. The molecule has 1 aromatic heterocycles. The van der Waals surface area contributed by atoms with Gasteiger partial charge in [-0.05, 0) is 41.6 Å². The van der Waals surface area contributed by atoms with E-state index in [9.17, 15) is 13.2 Å². The van der Waals surface area contributed by atoms with Gasteiger partial charge in [0, 0.05) is 11.9 Å². The van der Waals surface area contributed by atoms with Gasteiger partial charge in [0.05, 0.1) is 16.1 Å². The van der Waals surface area contributed by atoms with Crippen molar-refractivity contribution in [1.29, 1.82) is 0 Å². The van der Waals surface area contributed by atoms with E-state index in [0.29, 0.717) is 18.7 Å². The summed E-state index contributed by atoms with van der Waals surface area (Å²) in [6.45, 7) is 0.344. The minimum absolute atomic E-state index is 0.179. The Morgan fingerprint density at radius 3 is 2.75 bits per heavy atom. The third-order valence-electron chi connectivity index (χ3n) is 3.26. The summed E-state index contributed by atoms with van der Waals surface area (Å²) in [7, 11) is -3.55. The van der Waals surface area contributed by atoms with Gasteiger partial charge in [-0.25, -0.2) is 13.2 Å². The quantitative estimate of drug-likeness (QED) is 0.943. The lowest BCUT2D eigenvalue weighted by atomic mass is 10.1. The summed E-state index contributed by atoms with van der Waals surface area (Å²) in [5.74, 6) is -1.01. The number of carboxylic acid groups (broad SMARTS) is 1. The Bertz CT molecular complexity index is 766. The molecule has 0 bridgehead atoms. The van der Waals surface area contributed by atoms with E-state index >= 15 is 0 Å². The molecule has 0 amide bonds. The van der Waals surface area contributed by atoms with Crippen LogP contribution in [0.5, 0.6) is 0 Å². The molecule has 104 valence electrons. The van der Waals surface area contributed by atoms with Crippen molar-refractivity contribution in [2.24, 2.45) is 0 Å². The van der Waals surface area contributed by atoms with Crippen LogP contribution >= 0.6 is 11.3 Å². The topological polar surface area (TPSA) is 74.7 Å². The molecule has 2 aromatic rings. The molecule has 0 fully saturated rings. The second-order valence-corrected chi connectivity index (χ2v) is 7.08. The zero-order valence-corrected chi connectivity index (χ0v) is 11.9. The number of carbonyl (C=O) groups is 1. The first-order valence-electron chi connectivity index (χ1n) is 5.91. The van der Waals surface area contributed by atoms with Gasteiger partial charge in [-0.2, -0.15) is 11.3 Å². The summed E-state index contributed by atoms with van der Waals surface area (Å²) < 4.78 is 26.3. The second kappa shape index (κ2) is 4.60. The molecule has 20 heavy (non-hydrogen) atoms. The van der Waals surface area contributed by atoms with Gasteiger partial charge in [0.1, 0.15) is 0 Å². The average Bonchev–Trinajstić information content (AvgIpc) is 3.07. The summed E-state index contributed by atoms with van der Waals surface area (Å²) in [6.07, 6.45) is 0.528. The van der Waals surface area contributed by atoms with E-state index < -0.39 is 16.0 Å². The Morgan fingerprint density at radius 1 is 1.30 bits per heavy atom. The van der Waals surface area contributed by atoms with Gasteiger partial charge in [0.25, 0.3) is 10.0 Å². The van der Waals surface area contributed by atoms with Gasteiger partial charge in [-0.3, -0.25) is 4.31 Å². The lowest BCUT2D eigenvalue weighted by molar-refractivity contribution is 0.0697. The number of hydrogen-bond donors (Lipinski definition) is 1. The van der Waals surface area contributed by atoms with Gasteiger partial charge in [0.15, 0.2) is 0 Å². The minimum atomic E-state index is -3.55. The van der Waals surface area contributed by atoms with E-state index in [-0.39, 0.29) is 10.5 Å². The van der Waals surface area contributed by atoms with Crippen molar-refractivity contribution in [1.82, 2.24) is 0 Å². The van der Waals surface area contributed by atoms with E-state index in [1.165, 1.54) is 21.7 Å². The summed E-state index contributed by atoms with van der Waals surface area (Å²) in [5, 5.41) is 12.3. The first-order chi connectivity index (χ1) is 9.50. The molecule has 1 aliphatic rings. The number of fused-ring (bicyclic) bond motifs is 1. The summed E-state index contributed by atoms with van der Waals surface area (Å²) in [5.41, 5.74) is 1.50. The predicted molar refractivity (Wildman–Crippen MR) is 76.0 cm³/mol. The van der Waals surface area contributed by atoms with Crippen molar-refractivity contribution in [2.75, 3.05) is 10.8 Å². The maximum Gasteiger partial charge on any atom is 0.335 e. The lowest BCUT2D eigenvalue weighted by Crippen LogP contribution is -2.28. The number of thiophene rings is 1. The van der Waals surface area contributed by atoms with Crippen LogP contribution in [0.2, 0.25) is 0 Å². The number of hydrogen-bond acceptors (Lipinski definition) is 4. The largest absolute Gasteiger partial charge is 0.478 e. The van der Waals surface area contributed by atoms with Crippen molar-refractivity contribution in [2.45, 2.75) is 11.3 Å². The fourth-order valence-corrected chi connectivity index (χ4v) is 4.80. The van der Waals surface area contributed by atoms with E-state index in [0.717, 1.165) is 5.56 Å². The smallest absolute Gasteiger partial charge is 0.335 e. The van der Waals surface area contributed by atoms with Crippen LogP contribution in [0.25, 0.3) is 0 Å². The Hall–Kier alpha value is -1.86. The van der Waals surface area contributed by atoms with Crippen molar-refractivity contribution in [3.05, 3.63) is 46.2 Å². The van der Waals surface area contributed by atoms with Crippen molar-refractivity contribution >= 4 is 33.0 Å². The van der Waals surface area contributed by atoms with Crippen molar-refractivity contribution in [3.8, 4) is 0 Å². The predicted octanol–water partition coefficient (Wildman–Crippen LogP) is 2.20. The Kier molecular flexibility index (Phi) is 3.02. The van der Waals surface area contributed by atoms with E-state index in [1.54, 1.807) is 29.0 Å². The van der Waals surface area contributed by atoms with Crippen LogP contribution in [0.15, 0.2) is 39.9 Å². The first-order valence-corrected chi connectivity index (χ1v) is 8.29. The SMILES string of the molecule is O=C(O)c1ccc2c(c1)CCN2S(=O)(=O)c1ccsc1. The van der Waals surface area contributed by atoms with Crippen LogP contribution in [0.3, 0.4) is 0 Å². The van der Waals surface area contributed by atoms with E-state index in [2.05, 4.69) is 0 Å². The molecular weight excluding hydrogens is 298 g/mol. The van der Waals surface area contributed by atoms with Crippen LogP contribution in [-0.4, -0.2) is 26.0 Å². The fraction of sp³-hybridized carbons (Fsp3) is 0.154. The molecule has 2 heterocycles. The lowest BCUT2D eigenvalue weighted by Gasteiger charge is -2.18. The molecule has 1 N–H and O–H groups in total. The van der Waals surface area contributed by atoms with E-state index in [1.807, 2.05) is 0 Å². The highest BCUT2D eigenvalue weighted by Crippen LogP contribution is 2.34. The fourth-order valence-electron chi connectivity index (χ4n) is 2.28. The molecule has 5 nitrogen and oxygen atoms in total. The molecule has 0 aliphatic carbocycles. The third kappa shape index (κ3) is 1.99. The number of carboxylic acids is 1. The summed E-state index contributed by atoms with van der Waals surface area (Å²) in [6, 6.07) is 6.11. The molecule has 0 spiro atoms. The molecule has 1 aliphatic heterocycles. The zero-order valence-electron chi connectivity index (χ0n) is 10.3. The molecule has 0 unspecified atom stereocenters. The highest BCUT2D eigenvalue weighted by Gasteiger charge is 2.31. The van der Waals surface area contributed by atoms with Gasteiger partial charge in [-0.15, -0.1) is 0 Å². The number of rotatable bonds is 3. The molecule has 3 rings (SSSR count). The third-order valence-corrected chi connectivity index (χ3v) is 5.90. The molecule has 0 radical (unpaired) electrons. The molecule has 0 saturated carbocycles. The molecule has 7 heteroatoms. The first kappa shape index (κ1) is 13.1. The van der Waals surface area contributed by atoms with E-state index in [4.69, 9.17) is 5.11 Å². The van der Waals surface area contributed by atoms with Gasteiger partial charge >= 0.3 is 5.97 Å². The maximum atomic E-state index is 12.5. The van der Waals surface area contributed by atoms with Crippen molar-refractivity contribution < 1.29 is 18.3 Å². The standard InChI is InChI=1S/C13H11NO4S2/c15-13(16)10-1-2-12-9(7-10)3-5-14(12)20(17,18)11-4-6-19-8-11/h1-2,4,6-8H,3,5H2,(H,15,16).